The van der Waals surface area contributed by atoms with Crippen LogP contribution in [0.4, 0.5) is 0 Å². The molecule has 0 bridgehead atoms. The summed E-state index contributed by atoms with van der Waals surface area (Å²) in [7, 11) is 0. The third-order valence-corrected chi connectivity index (χ3v) is 3.42. The van der Waals surface area contributed by atoms with Crippen LogP contribution in [0, 0.1) is 5.92 Å². The lowest BCUT2D eigenvalue weighted by atomic mass is 10.2. The average Bonchev–Trinajstić information content (AvgIpc) is 2.03. The van der Waals surface area contributed by atoms with Crippen LogP contribution in [0.15, 0.2) is 0 Å². The summed E-state index contributed by atoms with van der Waals surface area (Å²) in [6.07, 6.45) is 2.90. The maximum atomic E-state index is 10.8. The maximum Gasteiger partial charge on any atom is 0.316 e. The minimum atomic E-state index is -0.654. The lowest BCUT2D eigenvalue weighted by Crippen LogP contribution is -2.17. The van der Waals surface area contributed by atoms with Crippen LogP contribution in [0.25, 0.3) is 0 Å². The van der Waals surface area contributed by atoms with Crippen molar-refractivity contribution in [2.75, 3.05) is 5.75 Å². The van der Waals surface area contributed by atoms with Gasteiger partial charge in [0.2, 0.25) is 0 Å². The monoisotopic (exact) mass is 204 g/mol. The van der Waals surface area contributed by atoms with E-state index < -0.39 is 5.97 Å². The Labute approximate surface area is 85.1 Å². The van der Waals surface area contributed by atoms with E-state index in [4.69, 9.17) is 5.11 Å². The summed E-state index contributed by atoms with van der Waals surface area (Å²) in [6, 6.07) is 0. The maximum absolute atomic E-state index is 10.8. The average molecular weight is 204 g/mol. The quantitative estimate of drug-likeness (QED) is 0.692. The molecule has 0 amide bonds. The van der Waals surface area contributed by atoms with Crippen LogP contribution in [0.3, 0.4) is 0 Å². The number of carboxylic acids is 1. The molecule has 13 heavy (non-hydrogen) atoms. The summed E-state index contributed by atoms with van der Waals surface area (Å²) in [5.41, 5.74) is 0. The third kappa shape index (κ3) is 6.94. The Morgan fingerprint density at radius 2 is 2.08 bits per heavy atom. The first-order valence-electron chi connectivity index (χ1n) is 4.92. The Balaban J connectivity index is 3.74. The zero-order valence-corrected chi connectivity index (χ0v) is 9.56. The van der Waals surface area contributed by atoms with Gasteiger partial charge < -0.3 is 5.11 Å². The third-order valence-electron chi connectivity index (χ3n) is 1.73. The highest BCUT2D eigenvalue weighted by Crippen LogP contribution is 2.20. The fourth-order valence-corrected chi connectivity index (χ4v) is 2.07. The fraction of sp³-hybridized carbons (Fsp3) is 0.900. The van der Waals surface area contributed by atoms with E-state index in [0.717, 1.165) is 25.0 Å². The van der Waals surface area contributed by atoms with Crippen LogP contribution in [-0.4, -0.2) is 22.1 Å². The Morgan fingerprint density at radius 3 is 2.46 bits per heavy atom. The smallest absolute Gasteiger partial charge is 0.316 e. The molecule has 0 heterocycles. The molecule has 0 saturated carbocycles. The number of hydrogen-bond acceptors (Lipinski definition) is 2. The highest BCUT2D eigenvalue weighted by molar-refractivity contribution is 8.00. The van der Waals surface area contributed by atoms with Crippen molar-refractivity contribution in [1.82, 2.24) is 0 Å². The number of carboxylic acid groups (broad SMARTS) is 1. The molecule has 0 spiro atoms. The van der Waals surface area contributed by atoms with Crippen molar-refractivity contribution in [1.29, 1.82) is 0 Å². The largest absolute Gasteiger partial charge is 0.480 e. The van der Waals surface area contributed by atoms with Gasteiger partial charge in [-0.15, -0.1) is 11.8 Å². The predicted molar refractivity (Wildman–Crippen MR) is 58.2 cm³/mol. The summed E-state index contributed by atoms with van der Waals surface area (Å²) < 4.78 is 0. The number of thioether (sulfide) groups is 1. The molecule has 2 nitrogen and oxygen atoms in total. The van der Waals surface area contributed by atoms with Crippen molar-refractivity contribution in [3.63, 3.8) is 0 Å². The molecule has 0 aliphatic heterocycles. The first kappa shape index (κ1) is 12.8. The zero-order chi connectivity index (χ0) is 10.3. The van der Waals surface area contributed by atoms with E-state index in [-0.39, 0.29) is 5.25 Å². The minimum Gasteiger partial charge on any atom is -0.480 e. The summed E-state index contributed by atoms with van der Waals surface area (Å²) >= 11 is 1.58. The number of carbonyl (C=O) groups is 1. The number of aliphatic carboxylic acids is 1. The van der Waals surface area contributed by atoms with E-state index in [0.29, 0.717) is 5.92 Å². The van der Waals surface area contributed by atoms with Crippen molar-refractivity contribution in [2.24, 2.45) is 5.92 Å². The second kappa shape index (κ2) is 7.25. The molecule has 0 aliphatic rings. The van der Waals surface area contributed by atoms with Gasteiger partial charge in [0.05, 0.1) is 0 Å². The van der Waals surface area contributed by atoms with Crippen LogP contribution < -0.4 is 0 Å². The first-order chi connectivity index (χ1) is 6.07. The predicted octanol–water partition coefficient (Wildman–Crippen LogP) is 3.02. The molecule has 78 valence electrons. The van der Waals surface area contributed by atoms with Gasteiger partial charge in [-0.25, -0.2) is 0 Å². The summed E-state index contributed by atoms with van der Waals surface area (Å²) in [6.45, 7) is 6.32. The second-order valence-corrected chi connectivity index (χ2v) is 4.93. The Bertz CT molecular complexity index is 146. The highest BCUT2D eigenvalue weighted by Gasteiger charge is 2.17. The lowest BCUT2D eigenvalue weighted by molar-refractivity contribution is -0.136. The van der Waals surface area contributed by atoms with Gasteiger partial charge in [0, 0.05) is 0 Å². The molecule has 0 rings (SSSR count). The van der Waals surface area contributed by atoms with E-state index >= 15 is 0 Å². The normalized spacial score (nSPS) is 13.2. The van der Waals surface area contributed by atoms with Crippen LogP contribution in [0.1, 0.15) is 40.0 Å². The van der Waals surface area contributed by atoms with Crippen molar-refractivity contribution in [3.8, 4) is 0 Å². The Morgan fingerprint density at radius 1 is 1.46 bits per heavy atom. The van der Waals surface area contributed by atoms with Crippen LogP contribution in [0.2, 0.25) is 0 Å². The van der Waals surface area contributed by atoms with E-state index in [1.165, 1.54) is 0 Å². The highest BCUT2D eigenvalue weighted by atomic mass is 32.2. The molecule has 0 aromatic heterocycles. The van der Waals surface area contributed by atoms with E-state index in [1.807, 2.05) is 0 Å². The number of unbranched alkanes of at least 4 members (excludes halogenated alkanes) is 1. The number of rotatable bonds is 7. The van der Waals surface area contributed by atoms with Gasteiger partial charge in [-0.05, 0) is 18.1 Å². The standard InChI is InChI=1S/C10H20O2S/c1-4-5-6-9(10(11)12)13-7-8(2)3/h8-9H,4-7H2,1-3H3,(H,11,12). The van der Waals surface area contributed by atoms with E-state index in [2.05, 4.69) is 20.8 Å². The fourth-order valence-electron chi connectivity index (χ4n) is 0.976. The van der Waals surface area contributed by atoms with Crippen LogP contribution in [-0.2, 0) is 4.79 Å². The van der Waals surface area contributed by atoms with Gasteiger partial charge in [0.15, 0.2) is 0 Å². The topological polar surface area (TPSA) is 37.3 Å². The number of hydrogen-bond donors (Lipinski definition) is 1. The molecule has 1 unspecified atom stereocenters. The second-order valence-electron chi connectivity index (χ2n) is 3.70. The molecule has 0 aromatic rings. The van der Waals surface area contributed by atoms with E-state index in [9.17, 15) is 4.79 Å². The van der Waals surface area contributed by atoms with Gasteiger partial charge in [-0.3, -0.25) is 4.79 Å². The van der Waals surface area contributed by atoms with Crippen molar-refractivity contribution < 1.29 is 9.90 Å². The van der Waals surface area contributed by atoms with Crippen LogP contribution >= 0.6 is 11.8 Å². The Hall–Kier alpha value is -0.180. The van der Waals surface area contributed by atoms with Crippen molar-refractivity contribution in [2.45, 2.75) is 45.3 Å². The summed E-state index contributed by atoms with van der Waals surface area (Å²) in [5.74, 6) is 0.869. The van der Waals surface area contributed by atoms with Gasteiger partial charge in [-0.2, -0.15) is 0 Å². The molecule has 0 radical (unpaired) electrons. The van der Waals surface area contributed by atoms with Gasteiger partial charge in [0.1, 0.15) is 5.25 Å². The SMILES string of the molecule is CCCCC(SCC(C)C)C(=O)O. The van der Waals surface area contributed by atoms with Gasteiger partial charge >= 0.3 is 5.97 Å². The molecule has 0 aromatic carbocycles. The Kier molecular flexibility index (Phi) is 7.14. The molecule has 0 saturated heterocycles. The van der Waals surface area contributed by atoms with Crippen LogP contribution in [0.5, 0.6) is 0 Å². The molecule has 0 aliphatic carbocycles. The molecule has 1 N–H and O–H groups in total. The minimum absolute atomic E-state index is 0.192. The van der Waals surface area contributed by atoms with Crippen molar-refractivity contribution >= 4 is 17.7 Å². The summed E-state index contributed by atoms with van der Waals surface area (Å²) in [4.78, 5) is 10.8. The zero-order valence-electron chi connectivity index (χ0n) is 8.75. The molecule has 0 fully saturated rings. The van der Waals surface area contributed by atoms with Crippen molar-refractivity contribution in [3.05, 3.63) is 0 Å². The van der Waals surface area contributed by atoms with E-state index in [1.54, 1.807) is 11.8 Å². The van der Waals surface area contributed by atoms with Gasteiger partial charge in [-0.1, -0.05) is 33.6 Å². The molecular weight excluding hydrogens is 184 g/mol. The molecule has 1 atom stereocenters. The molecular formula is C10H20O2S. The summed E-state index contributed by atoms with van der Waals surface area (Å²) in [5, 5.41) is 8.70. The first-order valence-corrected chi connectivity index (χ1v) is 5.97. The molecule has 3 heteroatoms. The van der Waals surface area contributed by atoms with Gasteiger partial charge in [0.25, 0.3) is 0 Å². The lowest BCUT2D eigenvalue weighted by Gasteiger charge is -2.12.